The van der Waals surface area contributed by atoms with E-state index in [-0.39, 0.29) is 11.3 Å². The van der Waals surface area contributed by atoms with Crippen LogP contribution in [0, 0.1) is 0 Å². The summed E-state index contributed by atoms with van der Waals surface area (Å²) in [6.45, 7) is 7.07. The summed E-state index contributed by atoms with van der Waals surface area (Å²) in [5.41, 5.74) is 0.966. The van der Waals surface area contributed by atoms with Crippen LogP contribution in [0.3, 0.4) is 0 Å². The summed E-state index contributed by atoms with van der Waals surface area (Å²) in [6, 6.07) is 3.63. The minimum absolute atomic E-state index is 0.221. The van der Waals surface area contributed by atoms with E-state index in [1.54, 1.807) is 13.8 Å². The van der Waals surface area contributed by atoms with Crippen molar-refractivity contribution in [1.29, 1.82) is 0 Å². The number of methoxy groups -OCH3 is 1. The third-order valence-corrected chi connectivity index (χ3v) is 5.42. The number of hydrogen-bond acceptors (Lipinski definition) is 4. The van der Waals surface area contributed by atoms with Gasteiger partial charge in [-0.05, 0) is 57.4 Å². The maximum absolute atomic E-state index is 13.0. The van der Waals surface area contributed by atoms with Crippen LogP contribution in [-0.2, 0) is 6.18 Å². The summed E-state index contributed by atoms with van der Waals surface area (Å²) < 4.78 is 44.3. The lowest BCUT2D eigenvalue weighted by molar-refractivity contribution is -0.137. The molecule has 2 N–H and O–H groups in total. The van der Waals surface area contributed by atoms with Gasteiger partial charge in [0.15, 0.2) is 0 Å². The Balaban J connectivity index is 1.88. The van der Waals surface area contributed by atoms with Crippen LogP contribution in [0.1, 0.15) is 44.7 Å². The molecular weight excluding hydrogens is 369 g/mol. The summed E-state index contributed by atoms with van der Waals surface area (Å²) in [5, 5.41) is 13.5. The zero-order valence-corrected chi connectivity index (χ0v) is 16.7. The Morgan fingerprint density at radius 1 is 1.25 bits per heavy atom. The molecule has 0 spiro atoms. The summed E-state index contributed by atoms with van der Waals surface area (Å²) >= 11 is 0. The molecule has 154 valence electrons. The second-order valence-electron chi connectivity index (χ2n) is 8.33. The lowest BCUT2D eigenvalue weighted by atomic mass is 9.82. The average molecular weight is 396 g/mol. The topological polar surface area (TPSA) is 44.7 Å². The number of aliphatic hydroxyl groups is 1. The summed E-state index contributed by atoms with van der Waals surface area (Å²) in [5.74, 6) is 0.221. The molecule has 1 aliphatic carbocycles. The second-order valence-corrected chi connectivity index (χ2v) is 8.33. The van der Waals surface area contributed by atoms with E-state index in [0.29, 0.717) is 25.1 Å². The molecule has 1 saturated heterocycles. The van der Waals surface area contributed by atoms with Crippen LogP contribution in [-0.4, -0.2) is 41.5 Å². The minimum Gasteiger partial charge on any atom is -0.496 e. The van der Waals surface area contributed by atoms with Gasteiger partial charge in [0.1, 0.15) is 5.75 Å². The van der Waals surface area contributed by atoms with Gasteiger partial charge in [-0.3, -0.25) is 5.32 Å². The van der Waals surface area contributed by atoms with Crippen molar-refractivity contribution in [3.8, 4) is 5.75 Å². The predicted molar refractivity (Wildman–Crippen MR) is 103 cm³/mol. The molecule has 2 aliphatic rings. The van der Waals surface area contributed by atoms with E-state index in [4.69, 9.17) is 4.74 Å². The third-order valence-electron chi connectivity index (χ3n) is 5.42. The molecule has 1 heterocycles. The Bertz CT molecular complexity index is 809. The monoisotopic (exact) mass is 396 g/mol. The molecule has 3 rings (SSSR count). The van der Waals surface area contributed by atoms with Gasteiger partial charge in [-0.15, -0.1) is 0 Å². The lowest BCUT2D eigenvalue weighted by Crippen LogP contribution is -2.39. The molecule has 1 fully saturated rings. The number of alkyl halides is 3. The van der Waals surface area contributed by atoms with E-state index >= 15 is 0 Å². The van der Waals surface area contributed by atoms with Gasteiger partial charge in [0.05, 0.1) is 30.5 Å². The van der Waals surface area contributed by atoms with Gasteiger partial charge >= 0.3 is 6.18 Å². The summed E-state index contributed by atoms with van der Waals surface area (Å²) in [7, 11) is 1.39. The van der Waals surface area contributed by atoms with E-state index in [9.17, 15) is 18.3 Å². The van der Waals surface area contributed by atoms with E-state index in [1.807, 2.05) is 12.2 Å². The molecule has 0 bridgehead atoms. The van der Waals surface area contributed by atoms with E-state index in [0.717, 1.165) is 29.9 Å². The highest BCUT2D eigenvalue weighted by molar-refractivity contribution is 5.75. The number of fused-ring (bicyclic) bond motifs is 1. The van der Waals surface area contributed by atoms with Crippen molar-refractivity contribution in [3.05, 3.63) is 47.2 Å². The predicted octanol–water partition coefficient (Wildman–Crippen LogP) is 4.17. The number of nitrogens with one attached hydrogen (secondary N) is 1. The molecule has 7 heteroatoms. The standard InChI is InChI=1S/C21H27F3N2O2/c1-19(2,27)9-10-26-13-25-20(3)12-14(5-8-18(20)26)16-7-6-15(21(22,23)24)11-17(16)28-4/h5-8,11,25,27H,9-10,12-13H2,1-4H3. The molecule has 1 unspecified atom stereocenters. The van der Waals surface area contributed by atoms with Gasteiger partial charge in [-0.25, -0.2) is 0 Å². The number of hydrogen-bond donors (Lipinski definition) is 2. The van der Waals surface area contributed by atoms with Crippen molar-refractivity contribution in [2.24, 2.45) is 0 Å². The van der Waals surface area contributed by atoms with Crippen molar-refractivity contribution in [2.45, 2.75) is 50.9 Å². The Labute approximate surface area is 163 Å². The molecule has 0 radical (unpaired) electrons. The highest BCUT2D eigenvalue weighted by atomic mass is 19.4. The van der Waals surface area contributed by atoms with E-state index < -0.39 is 17.3 Å². The van der Waals surface area contributed by atoms with Crippen LogP contribution in [0.25, 0.3) is 5.57 Å². The van der Waals surface area contributed by atoms with Gasteiger partial charge in [-0.1, -0.05) is 12.1 Å². The normalized spacial score (nSPS) is 22.6. The number of allylic oxidation sites excluding steroid dienone is 2. The molecule has 1 aliphatic heterocycles. The number of benzene rings is 1. The highest BCUT2D eigenvalue weighted by Gasteiger charge is 2.41. The number of rotatable bonds is 5. The van der Waals surface area contributed by atoms with Crippen LogP contribution < -0.4 is 10.1 Å². The first-order chi connectivity index (χ1) is 12.9. The van der Waals surface area contributed by atoms with Crippen LogP contribution in [0.15, 0.2) is 36.0 Å². The summed E-state index contributed by atoms with van der Waals surface area (Å²) in [4.78, 5) is 2.20. The van der Waals surface area contributed by atoms with Gasteiger partial charge in [0.2, 0.25) is 0 Å². The third kappa shape index (κ3) is 4.20. The van der Waals surface area contributed by atoms with Crippen molar-refractivity contribution < 1.29 is 23.0 Å². The zero-order valence-electron chi connectivity index (χ0n) is 16.7. The quantitative estimate of drug-likeness (QED) is 0.784. The first-order valence-electron chi connectivity index (χ1n) is 9.32. The largest absolute Gasteiger partial charge is 0.496 e. The summed E-state index contributed by atoms with van der Waals surface area (Å²) in [6.07, 6.45) is 0.845. The Hall–Kier alpha value is -1.99. The Morgan fingerprint density at radius 3 is 2.57 bits per heavy atom. The van der Waals surface area contributed by atoms with Crippen LogP contribution >= 0.6 is 0 Å². The minimum atomic E-state index is -4.40. The molecule has 1 aromatic carbocycles. The molecule has 0 aromatic heterocycles. The molecule has 28 heavy (non-hydrogen) atoms. The highest BCUT2D eigenvalue weighted by Crippen LogP contribution is 2.42. The second kappa shape index (κ2) is 7.12. The fraction of sp³-hybridized carbons (Fsp3) is 0.524. The van der Waals surface area contributed by atoms with Crippen LogP contribution in [0.5, 0.6) is 5.75 Å². The van der Waals surface area contributed by atoms with Gasteiger partial charge < -0.3 is 14.7 Å². The zero-order chi connectivity index (χ0) is 20.7. The average Bonchev–Trinajstić information content (AvgIpc) is 2.93. The Morgan fingerprint density at radius 2 is 1.96 bits per heavy atom. The van der Waals surface area contributed by atoms with E-state index in [1.165, 1.54) is 13.2 Å². The van der Waals surface area contributed by atoms with Crippen molar-refractivity contribution >= 4 is 5.57 Å². The van der Waals surface area contributed by atoms with Crippen LogP contribution in [0.4, 0.5) is 13.2 Å². The maximum Gasteiger partial charge on any atom is 0.416 e. The number of nitrogens with zero attached hydrogens (tertiary/aromatic N) is 1. The lowest BCUT2D eigenvalue weighted by Gasteiger charge is -2.33. The molecule has 0 amide bonds. The van der Waals surface area contributed by atoms with Gasteiger partial charge in [0.25, 0.3) is 0 Å². The maximum atomic E-state index is 13.0. The van der Waals surface area contributed by atoms with E-state index in [2.05, 4.69) is 17.1 Å². The number of ether oxygens (including phenoxy) is 1. The van der Waals surface area contributed by atoms with Crippen molar-refractivity contribution in [1.82, 2.24) is 10.2 Å². The first kappa shape index (κ1) is 20.7. The fourth-order valence-electron chi connectivity index (χ4n) is 3.78. The van der Waals surface area contributed by atoms with Crippen LogP contribution in [0.2, 0.25) is 0 Å². The SMILES string of the molecule is COc1cc(C(F)(F)F)ccc1C1=CC=C2N(CCC(C)(C)O)CNC2(C)C1. The fourth-order valence-corrected chi connectivity index (χ4v) is 3.78. The molecule has 4 nitrogen and oxygen atoms in total. The molecular formula is C21H27F3N2O2. The molecule has 0 saturated carbocycles. The number of halogens is 3. The van der Waals surface area contributed by atoms with Gasteiger partial charge in [0, 0.05) is 17.8 Å². The van der Waals surface area contributed by atoms with Crippen molar-refractivity contribution in [3.63, 3.8) is 0 Å². The molecule has 1 atom stereocenters. The first-order valence-corrected chi connectivity index (χ1v) is 9.32. The smallest absolute Gasteiger partial charge is 0.416 e. The van der Waals surface area contributed by atoms with Gasteiger partial charge in [-0.2, -0.15) is 13.2 Å². The van der Waals surface area contributed by atoms with Crippen molar-refractivity contribution in [2.75, 3.05) is 20.3 Å². The Kier molecular flexibility index (Phi) is 5.27. The molecule has 1 aromatic rings.